The fourth-order valence-electron chi connectivity index (χ4n) is 2.86. The Balaban J connectivity index is 1.71. The number of nitrogens with one attached hydrogen (secondary N) is 1. The highest BCUT2D eigenvalue weighted by Gasteiger charge is 2.42. The predicted molar refractivity (Wildman–Crippen MR) is 77.8 cm³/mol. The molecule has 21 heavy (non-hydrogen) atoms. The van der Waals surface area contributed by atoms with E-state index in [2.05, 4.69) is 4.72 Å². The van der Waals surface area contributed by atoms with E-state index in [1.165, 1.54) is 0 Å². The monoisotopic (exact) mass is 306 g/mol. The quantitative estimate of drug-likeness (QED) is 0.895. The van der Waals surface area contributed by atoms with Crippen LogP contribution in [0.2, 0.25) is 0 Å². The van der Waals surface area contributed by atoms with Gasteiger partial charge in [0.25, 0.3) is 0 Å². The molecule has 5 nitrogen and oxygen atoms in total. The van der Waals surface area contributed by atoms with Gasteiger partial charge in [0.1, 0.15) is 0 Å². The van der Waals surface area contributed by atoms with Gasteiger partial charge in [-0.3, -0.25) is 0 Å². The van der Waals surface area contributed by atoms with Crippen molar-refractivity contribution in [1.29, 1.82) is 5.26 Å². The van der Waals surface area contributed by atoms with Crippen LogP contribution in [-0.4, -0.2) is 27.2 Å². The van der Waals surface area contributed by atoms with Crippen molar-refractivity contribution >= 4 is 10.0 Å². The topological polar surface area (TPSA) is 79.2 Å². The summed E-state index contributed by atoms with van der Waals surface area (Å²) in [5.41, 5.74) is 0.943. The van der Waals surface area contributed by atoms with Crippen molar-refractivity contribution in [2.45, 2.75) is 37.2 Å². The fraction of sp³-hybridized carbons (Fsp3) is 0.533. The summed E-state index contributed by atoms with van der Waals surface area (Å²) in [5, 5.41) is 9.04. The minimum Gasteiger partial charge on any atom is -0.376 e. The number of nitriles is 1. The molecule has 0 aromatic heterocycles. The average molecular weight is 306 g/mol. The highest BCUT2D eigenvalue weighted by molar-refractivity contribution is 7.88. The number of hydrogen-bond donors (Lipinski definition) is 1. The lowest BCUT2D eigenvalue weighted by molar-refractivity contribution is 0.0848. The Morgan fingerprint density at radius 1 is 1.29 bits per heavy atom. The zero-order chi connectivity index (χ0) is 14.9. The summed E-state index contributed by atoms with van der Waals surface area (Å²) >= 11 is 0. The first-order valence-corrected chi connectivity index (χ1v) is 8.84. The third kappa shape index (κ3) is 3.43. The maximum absolute atomic E-state index is 12.3. The smallest absolute Gasteiger partial charge is 0.216 e. The largest absolute Gasteiger partial charge is 0.376 e. The molecule has 3 rings (SSSR count). The molecule has 0 bridgehead atoms. The second-order valence-corrected chi connectivity index (χ2v) is 7.47. The molecule has 0 spiro atoms. The van der Waals surface area contributed by atoms with E-state index in [0.717, 1.165) is 19.3 Å². The van der Waals surface area contributed by atoms with E-state index in [9.17, 15) is 8.42 Å². The molecular weight excluding hydrogens is 288 g/mol. The van der Waals surface area contributed by atoms with Gasteiger partial charge in [-0.15, -0.1) is 0 Å². The number of benzene rings is 1. The van der Waals surface area contributed by atoms with Crippen molar-refractivity contribution in [1.82, 2.24) is 4.72 Å². The Morgan fingerprint density at radius 3 is 2.76 bits per heavy atom. The van der Waals surface area contributed by atoms with Crippen molar-refractivity contribution in [2.24, 2.45) is 5.92 Å². The normalized spacial score (nSPS) is 25.7. The molecule has 1 aliphatic carbocycles. The van der Waals surface area contributed by atoms with Crippen LogP contribution in [0, 0.1) is 17.2 Å². The Morgan fingerprint density at radius 2 is 2.05 bits per heavy atom. The van der Waals surface area contributed by atoms with Crippen molar-refractivity contribution in [2.75, 3.05) is 6.61 Å². The first-order chi connectivity index (χ1) is 10.1. The van der Waals surface area contributed by atoms with Crippen molar-refractivity contribution in [3.63, 3.8) is 0 Å². The third-order valence-corrected chi connectivity index (χ3v) is 5.39. The molecule has 1 N–H and O–H groups in total. The van der Waals surface area contributed by atoms with E-state index >= 15 is 0 Å². The molecule has 6 heteroatoms. The molecule has 2 unspecified atom stereocenters. The number of sulfonamides is 1. The van der Waals surface area contributed by atoms with E-state index in [4.69, 9.17) is 10.00 Å². The van der Waals surface area contributed by atoms with E-state index in [0.29, 0.717) is 23.7 Å². The fourth-order valence-corrected chi connectivity index (χ4v) is 4.32. The second kappa shape index (κ2) is 5.76. The molecule has 1 aromatic carbocycles. The summed E-state index contributed by atoms with van der Waals surface area (Å²) in [5.74, 6) is 0.344. The number of rotatable bonds is 5. The molecule has 1 heterocycles. The summed E-state index contributed by atoms with van der Waals surface area (Å²) in [6.07, 6.45) is 2.99. The lowest BCUT2D eigenvalue weighted by Crippen LogP contribution is -2.41. The van der Waals surface area contributed by atoms with Crippen LogP contribution in [0.5, 0.6) is 0 Å². The summed E-state index contributed by atoms with van der Waals surface area (Å²) < 4.78 is 33.1. The highest BCUT2D eigenvalue weighted by atomic mass is 32.2. The molecule has 0 radical (unpaired) electrons. The van der Waals surface area contributed by atoms with E-state index in [-0.39, 0.29) is 17.9 Å². The van der Waals surface area contributed by atoms with Gasteiger partial charge in [0.05, 0.1) is 29.5 Å². The van der Waals surface area contributed by atoms with Crippen LogP contribution in [0.4, 0.5) is 0 Å². The van der Waals surface area contributed by atoms with Gasteiger partial charge >= 0.3 is 0 Å². The minimum absolute atomic E-state index is 0.0194. The lowest BCUT2D eigenvalue weighted by atomic mass is 10.1. The first kappa shape index (κ1) is 14.5. The van der Waals surface area contributed by atoms with Crippen molar-refractivity contribution in [3.8, 4) is 6.07 Å². The van der Waals surface area contributed by atoms with Crippen molar-refractivity contribution < 1.29 is 13.2 Å². The number of nitrogens with zero attached hydrogens (tertiary/aromatic N) is 1. The Labute approximate surface area is 125 Å². The third-order valence-electron chi connectivity index (χ3n) is 4.04. The molecular formula is C15H18N2O3S. The van der Waals surface area contributed by atoms with Crippen LogP contribution >= 0.6 is 0 Å². The van der Waals surface area contributed by atoms with Gasteiger partial charge in [-0.1, -0.05) is 18.2 Å². The van der Waals surface area contributed by atoms with Gasteiger partial charge in [-0.05, 0) is 36.8 Å². The number of ether oxygens (including phenoxy) is 1. The zero-order valence-corrected chi connectivity index (χ0v) is 12.5. The van der Waals surface area contributed by atoms with Crippen molar-refractivity contribution in [3.05, 3.63) is 35.4 Å². The predicted octanol–water partition coefficient (Wildman–Crippen LogP) is 1.55. The maximum atomic E-state index is 12.3. The first-order valence-electron chi connectivity index (χ1n) is 7.19. The SMILES string of the molecule is N#Cc1ccccc1CS(=O)(=O)NC1CCOC1C1CC1. The Bertz CT molecular complexity index is 662. The van der Waals surface area contributed by atoms with Gasteiger partial charge in [0, 0.05) is 6.61 Å². The molecule has 2 atom stereocenters. The van der Waals surface area contributed by atoms with Crippen LogP contribution in [-0.2, 0) is 20.5 Å². The molecule has 1 saturated heterocycles. The molecule has 1 saturated carbocycles. The van der Waals surface area contributed by atoms with E-state index in [1.54, 1.807) is 24.3 Å². The molecule has 1 aromatic rings. The van der Waals surface area contributed by atoms with E-state index < -0.39 is 10.0 Å². The summed E-state index contributed by atoms with van der Waals surface area (Å²) in [7, 11) is -3.47. The van der Waals surface area contributed by atoms with Crippen LogP contribution in [0.15, 0.2) is 24.3 Å². The zero-order valence-electron chi connectivity index (χ0n) is 11.7. The summed E-state index contributed by atoms with van der Waals surface area (Å²) in [4.78, 5) is 0. The molecule has 2 aliphatic rings. The van der Waals surface area contributed by atoms with Crippen LogP contribution in [0.1, 0.15) is 30.4 Å². The van der Waals surface area contributed by atoms with E-state index in [1.807, 2.05) is 6.07 Å². The van der Waals surface area contributed by atoms with Gasteiger partial charge in [0.15, 0.2) is 0 Å². The van der Waals surface area contributed by atoms with Gasteiger partial charge in [-0.25, -0.2) is 13.1 Å². The molecule has 112 valence electrons. The second-order valence-electron chi connectivity index (χ2n) is 5.71. The summed E-state index contributed by atoms with van der Waals surface area (Å²) in [6, 6.07) is 8.70. The summed E-state index contributed by atoms with van der Waals surface area (Å²) in [6.45, 7) is 0.614. The highest BCUT2D eigenvalue weighted by Crippen LogP contribution is 2.39. The van der Waals surface area contributed by atoms with Crippen LogP contribution in [0.25, 0.3) is 0 Å². The maximum Gasteiger partial charge on any atom is 0.216 e. The van der Waals surface area contributed by atoms with Crippen LogP contribution in [0.3, 0.4) is 0 Å². The van der Waals surface area contributed by atoms with Gasteiger partial charge in [0.2, 0.25) is 10.0 Å². The lowest BCUT2D eigenvalue weighted by Gasteiger charge is -2.19. The Hall–Kier alpha value is -1.42. The average Bonchev–Trinajstić information content (AvgIpc) is 3.19. The minimum atomic E-state index is -3.47. The van der Waals surface area contributed by atoms with Gasteiger partial charge < -0.3 is 4.74 Å². The molecule has 1 aliphatic heterocycles. The molecule has 2 fully saturated rings. The standard InChI is InChI=1S/C15H18N2O3S/c16-9-12-3-1-2-4-13(12)10-21(18,19)17-14-7-8-20-15(14)11-5-6-11/h1-4,11,14-15,17H,5-8,10H2. The molecule has 0 amide bonds. The Kier molecular flexibility index (Phi) is 3.98. The number of hydrogen-bond acceptors (Lipinski definition) is 4. The van der Waals surface area contributed by atoms with Gasteiger partial charge in [-0.2, -0.15) is 5.26 Å². The van der Waals surface area contributed by atoms with Crippen LogP contribution < -0.4 is 4.72 Å².